The van der Waals surface area contributed by atoms with Crippen LogP contribution in [-0.4, -0.2) is 18.5 Å². The molecule has 0 spiro atoms. The summed E-state index contributed by atoms with van der Waals surface area (Å²) in [4.78, 5) is 0. The lowest BCUT2D eigenvalue weighted by molar-refractivity contribution is -0.0498. The summed E-state index contributed by atoms with van der Waals surface area (Å²) in [5.41, 5.74) is 1.66. The summed E-state index contributed by atoms with van der Waals surface area (Å²) in [5, 5.41) is 6.51. The topological polar surface area (TPSA) is 51.8 Å². The van der Waals surface area contributed by atoms with Gasteiger partial charge in [0.2, 0.25) is 6.79 Å². The zero-order chi connectivity index (χ0) is 16.9. The number of anilines is 1. The molecule has 3 rings (SSSR count). The number of thiocarbonyl (C=S) groups is 1. The van der Waals surface area contributed by atoms with Crippen molar-refractivity contribution in [2.75, 3.05) is 12.1 Å². The number of ether oxygens (including phenoxy) is 3. The molecule has 2 aromatic carbocycles. The van der Waals surface area contributed by atoms with Crippen molar-refractivity contribution in [1.82, 2.24) is 5.32 Å². The minimum absolute atomic E-state index is 0.120. The Hall–Kier alpha value is -2.61. The second-order valence-electron chi connectivity index (χ2n) is 4.90. The fraction of sp³-hybridized carbons (Fsp3) is 0.188. The van der Waals surface area contributed by atoms with Gasteiger partial charge in [-0.1, -0.05) is 12.1 Å². The summed E-state index contributed by atoms with van der Waals surface area (Å²) >= 11 is 5.23. The first-order valence-corrected chi connectivity index (χ1v) is 7.49. The van der Waals surface area contributed by atoms with Crippen LogP contribution in [-0.2, 0) is 6.54 Å². The van der Waals surface area contributed by atoms with Gasteiger partial charge in [-0.3, -0.25) is 0 Å². The fourth-order valence-electron chi connectivity index (χ4n) is 2.12. The van der Waals surface area contributed by atoms with E-state index in [4.69, 9.17) is 21.7 Å². The smallest absolute Gasteiger partial charge is 0.387 e. The van der Waals surface area contributed by atoms with E-state index < -0.39 is 6.61 Å². The maximum absolute atomic E-state index is 12.1. The highest BCUT2D eigenvalue weighted by molar-refractivity contribution is 7.80. The first kappa shape index (κ1) is 16.3. The lowest BCUT2D eigenvalue weighted by Gasteiger charge is -2.11. The van der Waals surface area contributed by atoms with E-state index in [9.17, 15) is 8.78 Å². The number of nitrogens with one attached hydrogen (secondary N) is 2. The van der Waals surface area contributed by atoms with Crippen molar-refractivity contribution in [3.8, 4) is 17.2 Å². The van der Waals surface area contributed by atoms with E-state index in [-0.39, 0.29) is 12.5 Å². The highest BCUT2D eigenvalue weighted by atomic mass is 32.1. The van der Waals surface area contributed by atoms with Gasteiger partial charge in [-0.25, -0.2) is 0 Å². The molecule has 0 aromatic heterocycles. The van der Waals surface area contributed by atoms with Crippen LogP contribution in [0.4, 0.5) is 14.5 Å². The molecule has 0 aliphatic carbocycles. The van der Waals surface area contributed by atoms with Crippen molar-refractivity contribution in [3.05, 3.63) is 48.0 Å². The van der Waals surface area contributed by atoms with E-state index in [1.165, 1.54) is 12.1 Å². The third kappa shape index (κ3) is 4.23. The Morgan fingerprint density at radius 2 is 1.88 bits per heavy atom. The van der Waals surface area contributed by atoms with Crippen LogP contribution in [0.2, 0.25) is 0 Å². The maximum Gasteiger partial charge on any atom is 0.387 e. The lowest BCUT2D eigenvalue weighted by atomic mass is 10.2. The molecule has 0 fully saturated rings. The molecule has 0 saturated carbocycles. The molecule has 2 aromatic rings. The standard InChI is InChI=1S/C16H14F2N2O3S/c17-15(18)23-12-4-1-10(2-5-12)8-19-16(24)20-11-3-6-13-14(7-11)22-9-21-13/h1-7,15H,8-9H2,(H2,19,20,24). The molecule has 0 radical (unpaired) electrons. The SMILES string of the molecule is FC(F)Oc1ccc(CNC(=S)Nc2ccc3c(c2)OCO3)cc1. The van der Waals surface area contributed by atoms with Crippen LogP contribution < -0.4 is 24.8 Å². The fourth-order valence-corrected chi connectivity index (χ4v) is 2.31. The number of fused-ring (bicyclic) bond motifs is 1. The minimum atomic E-state index is -2.83. The molecule has 126 valence electrons. The van der Waals surface area contributed by atoms with Gasteiger partial charge in [0.1, 0.15) is 5.75 Å². The van der Waals surface area contributed by atoms with Gasteiger partial charge in [-0.2, -0.15) is 8.78 Å². The van der Waals surface area contributed by atoms with Gasteiger partial charge >= 0.3 is 6.61 Å². The van der Waals surface area contributed by atoms with Crippen molar-refractivity contribution in [2.24, 2.45) is 0 Å². The number of halogens is 2. The predicted molar refractivity (Wildman–Crippen MR) is 88.7 cm³/mol. The van der Waals surface area contributed by atoms with E-state index in [2.05, 4.69) is 15.4 Å². The molecule has 0 atom stereocenters. The van der Waals surface area contributed by atoms with Crippen molar-refractivity contribution < 1.29 is 23.0 Å². The molecule has 0 bridgehead atoms. The Morgan fingerprint density at radius 3 is 2.62 bits per heavy atom. The maximum atomic E-state index is 12.1. The van der Waals surface area contributed by atoms with Crippen LogP contribution in [0.5, 0.6) is 17.2 Å². The summed E-state index contributed by atoms with van der Waals surface area (Å²) in [6, 6.07) is 11.8. The van der Waals surface area contributed by atoms with Gasteiger partial charge in [0.15, 0.2) is 16.6 Å². The van der Waals surface area contributed by atoms with E-state index in [0.717, 1.165) is 11.3 Å². The zero-order valence-electron chi connectivity index (χ0n) is 12.4. The van der Waals surface area contributed by atoms with E-state index in [1.807, 2.05) is 6.07 Å². The first-order chi connectivity index (χ1) is 11.6. The van der Waals surface area contributed by atoms with Crippen LogP contribution in [0.1, 0.15) is 5.56 Å². The molecular formula is C16H14F2N2O3S. The highest BCUT2D eigenvalue weighted by Gasteiger charge is 2.13. The van der Waals surface area contributed by atoms with Crippen LogP contribution in [0.3, 0.4) is 0 Å². The first-order valence-electron chi connectivity index (χ1n) is 7.08. The Kier molecular flexibility index (Phi) is 4.95. The van der Waals surface area contributed by atoms with E-state index in [1.54, 1.807) is 24.3 Å². The lowest BCUT2D eigenvalue weighted by Crippen LogP contribution is -2.27. The Morgan fingerprint density at radius 1 is 1.12 bits per heavy atom. The molecule has 1 aliphatic heterocycles. The van der Waals surface area contributed by atoms with Gasteiger partial charge < -0.3 is 24.8 Å². The molecular weight excluding hydrogens is 338 g/mol. The Bertz CT molecular complexity index is 726. The monoisotopic (exact) mass is 352 g/mol. The van der Waals surface area contributed by atoms with Crippen molar-refractivity contribution in [3.63, 3.8) is 0 Å². The average Bonchev–Trinajstić information content (AvgIpc) is 3.01. The summed E-state index contributed by atoms with van der Waals surface area (Å²) in [5.74, 6) is 1.48. The number of hydrogen-bond donors (Lipinski definition) is 2. The van der Waals surface area contributed by atoms with Crippen molar-refractivity contribution >= 4 is 23.0 Å². The second-order valence-corrected chi connectivity index (χ2v) is 5.31. The summed E-state index contributed by atoms with van der Waals surface area (Å²) in [6.45, 7) is -2.16. The van der Waals surface area contributed by atoms with E-state index in [0.29, 0.717) is 23.2 Å². The highest BCUT2D eigenvalue weighted by Crippen LogP contribution is 2.34. The molecule has 0 saturated heterocycles. The summed E-state index contributed by atoms with van der Waals surface area (Å²) < 4.78 is 39.0. The Labute approximate surface area is 142 Å². The summed E-state index contributed by atoms with van der Waals surface area (Å²) in [6.07, 6.45) is 0. The van der Waals surface area contributed by atoms with Gasteiger partial charge in [-0.05, 0) is 42.0 Å². The third-order valence-corrected chi connectivity index (χ3v) is 3.48. The van der Waals surface area contributed by atoms with Gasteiger partial charge in [0.25, 0.3) is 0 Å². The van der Waals surface area contributed by atoms with Crippen LogP contribution in [0.15, 0.2) is 42.5 Å². The van der Waals surface area contributed by atoms with Crippen LogP contribution in [0, 0.1) is 0 Å². The van der Waals surface area contributed by atoms with Gasteiger partial charge in [0, 0.05) is 18.3 Å². The van der Waals surface area contributed by atoms with Crippen molar-refractivity contribution in [1.29, 1.82) is 0 Å². The zero-order valence-corrected chi connectivity index (χ0v) is 13.2. The predicted octanol–water partition coefficient (Wildman–Crippen LogP) is 3.50. The molecule has 0 unspecified atom stereocenters. The normalized spacial score (nSPS) is 12.1. The molecule has 8 heteroatoms. The van der Waals surface area contributed by atoms with Crippen molar-refractivity contribution in [2.45, 2.75) is 13.2 Å². The Balaban J connectivity index is 1.50. The minimum Gasteiger partial charge on any atom is -0.454 e. The van der Waals surface area contributed by atoms with Gasteiger partial charge in [-0.15, -0.1) is 0 Å². The van der Waals surface area contributed by atoms with Gasteiger partial charge in [0.05, 0.1) is 0 Å². The average molecular weight is 352 g/mol. The largest absolute Gasteiger partial charge is 0.454 e. The number of rotatable bonds is 5. The number of benzene rings is 2. The molecule has 24 heavy (non-hydrogen) atoms. The third-order valence-electron chi connectivity index (χ3n) is 3.23. The molecule has 5 nitrogen and oxygen atoms in total. The number of hydrogen-bond acceptors (Lipinski definition) is 4. The van der Waals surface area contributed by atoms with Crippen LogP contribution in [0.25, 0.3) is 0 Å². The molecule has 2 N–H and O–H groups in total. The quantitative estimate of drug-likeness (QED) is 0.804. The van der Waals surface area contributed by atoms with Crippen LogP contribution >= 0.6 is 12.2 Å². The second kappa shape index (κ2) is 7.31. The molecule has 1 aliphatic rings. The summed E-state index contributed by atoms with van der Waals surface area (Å²) in [7, 11) is 0. The number of alkyl halides is 2. The molecule has 0 amide bonds. The van der Waals surface area contributed by atoms with E-state index >= 15 is 0 Å². The molecule has 1 heterocycles.